The Bertz CT molecular complexity index is 871. The number of aliphatic imine (C=N–C) groups is 1. The van der Waals surface area contributed by atoms with E-state index < -0.39 is 0 Å². The molecule has 0 aliphatic heterocycles. The second-order valence-electron chi connectivity index (χ2n) is 6.96. The van der Waals surface area contributed by atoms with Crippen LogP contribution >= 0.6 is 11.8 Å². The van der Waals surface area contributed by atoms with Crippen molar-refractivity contribution in [2.45, 2.75) is 51.0 Å². The van der Waals surface area contributed by atoms with Crippen LogP contribution in [0, 0.1) is 13.8 Å². The van der Waals surface area contributed by atoms with E-state index in [1.165, 1.54) is 18.4 Å². The van der Waals surface area contributed by atoms with E-state index in [9.17, 15) is 0 Å². The lowest BCUT2D eigenvalue weighted by atomic mass is 10.0. The lowest BCUT2D eigenvalue weighted by Gasteiger charge is -2.09. The van der Waals surface area contributed by atoms with Crippen LogP contribution in [-0.2, 0) is 5.75 Å². The van der Waals surface area contributed by atoms with Crippen LogP contribution in [0.25, 0.3) is 5.57 Å². The molecule has 0 amide bonds. The van der Waals surface area contributed by atoms with Crippen molar-refractivity contribution in [2.75, 3.05) is 0 Å². The van der Waals surface area contributed by atoms with Crippen molar-refractivity contribution in [3.63, 3.8) is 0 Å². The lowest BCUT2D eigenvalue weighted by Crippen LogP contribution is -1.96. The quantitative estimate of drug-likeness (QED) is 0.371. The summed E-state index contributed by atoms with van der Waals surface area (Å²) in [5.74, 6) is 1.82. The van der Waals surface area contributed by atoms with Gasteiger partial charge < -0.3 is 4.52 Å². The van der Waals surface area contributed by atoms with Crippen LogP contribution < -0.4 is 0 Å². The van der Waals surface area contributed by atoms with Gasteiger partial charge in [0.25, 0.3) is 0 Å². The Kier molecular flexibility index (Phi) is 7.49. The number of hydrogen-bond donors (Lipinski definition) is 0. The Morgan fingerprint density at radius 1 is 1.21 bits per heavy atom. The minimum absolute atomic E-state index is 0.267. The first-order valence-electron chi connectivity index (χ1n) is 9.90. The maximum atomic E-state index is 5.42. The molecule has 0 radical (unpaired) electrons. The van der Waals surface area contributed by atoms with Crippen molar-refractivity contribution in [1.82, 2.24) is 5.16 Å². The minimum atomic E-state index is 0.267. The Labute approximate surface area is 172 Å². The van der Waals surface area contributed by atoms with E-state index >= 15 is 0 Å². The first-order chi connectivity index (χ1) is 13.7. The highest BCUT2D eigenvalue weighted by Crippen LogP contribution is 2.31. The maximum absolute atomic E-state index is 5.42. The average Bonchev–Trinajstić information content (AvgIpc) is 2.92. The van der Waals surface area contributed by atoms with Crippen LogP contribution in [0.2, 0.25) is 0 Å². The zero-order valence-corrected chi connectivity index (χ0v) is 17.7. The predicted octanol–water partition coefficient (Wildman–Crippen LogP) is 6.69. The number of aryl methyl sites for hydroxylation is 2. The Balaban J connectivity index is 1.84. The number of nitrogens with zero attached hydrogens (tertiary/aromatic N) is 2. The van der Waals surface area contributed by atoms with E-state index in [0.29, 0.717) is 0 Å². The third-order valence-corrected chi connectivity index (χ3v) is 5.82. The van der Waals surface area contributed by atoms with E-state index in [0.717, 1.165) is 40.5 Å². The van der Waals surface area contributed by atoms with E-state index in [1.54, 1.807) is 0 Å². The molecule has 3 rings (SSSR count). The molecule has 0 bridgehead atoms. The molecule has 1 aliphatic carbocycles. The maximum Gasteiger partial charge on any atom is 0.141 e. The molecule has 0 spiro atoms. The molecule has 2 aromatic rings. The number of thioether (sulfide) groups is 1. The van der Waals surface area contributed by atoms with Crippen molar-refractivity contribution >= 4 is 23.5 Å². The normalized spacial score (nSPS) is 16.9. The fourth-order valence-electron chi connectivity index (χ4n) is 3.15. The molecule has 1 aliphatic rings. The zero-order valence-electron chi connectivity index (χ0n) is 16.9. The molecule has 1 aromatic carbocycles. The number of allylic oxidation sites excluding steroid dienone is 3. The van der Waals surface area contributed by atoms with Gasteiger partial charge in [-0.1, -0.05) is 61.0 Å². The topological polar surface area (TPSA) is 38.4 Å². The molecule has 1 aromatic heterocycles. The van der Waals surface area contributed by atoms with Crippen LogP contribution in [0.3, 0.4) is 0 Å². The van der Waals surface area contributed by atoms with Gasteiger partial charge >= 0.3 is 0 Å². The molecule has 1 unspecified atom stereocenters. The van der Waals surface area contributed by atoms with Gasteiger partial charge in [0.05, 0.1) is 11.4 Å². The summed E-state index contributed by atoms with van der Waals surface area (Å²) in [5, 5.41) is 4.41. The highest BCUT2D eigenvalue weighted by molar-refractivity contribution is 7.99. The molecule has 146 valence electrons. The molecule has 0 fully saturated rings. The summed E-state index contributed by atoms with van der Waals surface area (Å²) in [7, 11) is 0. The highest BCUT2D eigenvalue weighted by atomic mass is 32.2. The fraction of sp³-hybridized carbons (Fsp3) is 0.333. The summed E-state index contributed by atoms with van der Waals surface area (Å²) < 4.78 is 5.42. The van der Waals surface area contributed by atoms with Gasteiger partial charge in [-0.15, -0.1) is 11.8 Å². The number of rotatable bonds is 8. The minimum Gasteiger partial charge on any atom is -0.361 e. The zero-order chi connectivity index (χ0) is 19.8. The van der Waals surface area contributed by atoms with Crippen LogP contribution in [0.15, 0.2) is 69.8 Å². The first kappa shape index (κ1) is 20.4. The van der Waals surface area contributed by atoms with Crippen molar-refractivity contribution in [3.05, 3.63) is 82.9 Å². The summed E-state index contributed by atoms with van der Waals surface area (Å²) in [4.78, 5) is 4.70. The smallest absolute Gasteiger partial charge is 0.141 e. The van der Waals surface area contributed by atoms with Gasteiger partial charge in [0, 0.05) is 22.8 Å². The molecule has 4 heteroatoms. The number of unbranched alkanes of at least 4 members (excludes halogenated alkanes) is 2. The Morgan fingerprint density at radius 3 is 2.75 bits per heavy atom. The molecule has 3 nitrogen and oxygen atoms in total. The molecular formula is C24H28N2OS. The molecule has 28 heavy (non-hydrogen) atoms. The third kappa shape index (κ3) is 5.59. The molecule has 0 saturated carbocycles. The summed E-state index contributed by atoms with van der Waals surface area (Å²) in [6.07, 6.45) is 14.2. The summed E-state index contributed by atoms with van der Waals surface area (Å²) >= 11 is 1.91. The van der Waals surface area contributed by atoms with Crippen LogP contribution in [0.1, 0.15) is 48.8 Å². The van der Waals surface area contributed by atoms with E-state index in [2.05, 4.69) is 66.7 Å². The number of benzene rings is 1. The highest BCUT2D eigenvalue weighted by Gasteiger charge is 2.16. The Hall–Kier alpha value is -2.33. The van der Waals surface area contributed by atoms with Crippen LogP contribution in [-0.4, -0.2) is 16.6 Å². The molecule has 0 N–H and O–H groups in total. The molecule has 0 saturated heterocycles. The lowest BCUT2D eigenvalue weighted by molar-refractivity contribution is 0.393. The van der Waals surface area contributed by atoms with Gasteiger partial charge in [0.2, 0.25) is 0 Å². The van der Waals surface area contributed by atoms with Gasteiger partial charge in [-0.05, 0) is 50.0 Å². The van der Waals surface area contributed by atoms with Crippen LogP contribution in [0.5, 0.6) is 0 Å². The van der Waals surface area contributed by atoms with Crippen molar-refractivity contribution < 1.29 is 4.52 Å². The second-order valence-corrected chi connectivity index (χ2v) is 8.13. The average molecular weight is 393 g/mol. The number of aromatic nitrogens is 1. The van der Waals surface area contributed by atoms with Gasteiger partial charge in [0.15, 0.2) is 0 Å². The van der Waals surface area contributed by atoms with E-state index in [1.807, 2.05) is 31.8 Å². The molecule has 1 heterocycles. The number of hydrogen-bond acceptors (Lipinski definition) is 4. The van der Waals surface area contributed by atoms with Gasteiger partial charge in [-0.25, -0.2) is 0 Å². The van der Waals surface area contributed by atoms with Crippen LogP contribution in [0.4, 0.5) is 0 Å². The largest absolute Gasteiger partial charge is 0.361 e. The van der Waals surface area contributed by atoms with Crippen molar-refractivity contribution in [1.29, 1.82) is 0 Å². The standard InChI is InChI=1S/C24H28N2OS/c1-4-5-9-14-25-22-12-13-23(28-17-20-10-7-6-8-11-20)16-21(15-22)24-18(2)26-27-19(24)3/h6-8,10-16,23H,4-5,9,17H2,1-3H3/b25-14-. The monoisotopic (exact) mass is 392 g/mol. The van der Waals surface area contributed by atoms with Gasteiger partial charge in [0.1, 0.15) is 5.76 Å². The molecule has 1 atom stereocenters. The fourth-order valence-corrected chi connectivity index (χ4v) is 4.16. The SMILES string of the molecule is CCCC/C=N\C1=CC(c2c(C)noc2C)=CC(SCc2ccccc2)C=C1. The van der Waals surface area contributed by atoms with E-state index in [4.69, 9.17) is 9.52 Å². The van der Waals surface area contributed by atoms with Gasteiger partial charge in [-0.3, -0.25) is 4.99 Å². The van der Waals surface area contributed by atoms with E-state index in [-0.39, 0.29) is 5.25 Å². The first-order valence-corrected chi connectivity index (χ1v) is 10.9. The second kappa shape index (κ2) is 10.3. The van der Waals surface area contributed by atoms with Crippen molar-refractivity contribution in [2.24, 2.45) is 4.99 Å². The predicted molar refractivity (Wildman–Crippen MR) is 121 cm³/mol. The van der Waals surface area contributed by atoms with Gasteiger partial charge in [-0.2, -0.15) is 0 Å². The summed E-state index contributed by atoms with van der Waals surface area (Å²) in [5.41, 5.74) is 5.45. The molecular weight excluding hydrogens is 364 g/mol. The third-order valence-electron chi connectivity index (χ3n) is 4.64. The Morgan fingerprint density at radius 2 is 2.04 bits per heavy atom. The summed E-state index contributed by atoms with van der Waals surface area (Å²) in [6.45, 7) is 6.17. The summed E-state index contributed by atoms with van der Waals surface area (Å²) in [6, 6.07) is 10.6. The van der Waals surface area contributed by atoms with Crippen molar-refractivity contribution in [3.8, 4) is 0 Å².